The second kappa shape index (κ2) is 9.92. The number of aryl methyl sites for hydroxylation is 2. The smallest absolute Gasteiger partial charge is 0.220 e. The van der Waals surface area contributed by atoms with Crippen molar-refractivity contribution >= 4 is 11.7 Å². The van der Waals surface area contributed by atoms with E-state index >= 15 is 0 Å². The molecule has 3 unspecified atom stereocenters. The molecule has 8 heteroatoms. The van der Waals surface area contributed by atoms with Gasteiger partial charge in [0.05, 0.1) is 18.2 Å². The van der Waals surface area contributed by atoms with Crippen molar-refractivity contribution in [3.8, 4) is 0 Å². The molecule has 0 saturated carbocycles. The molecule has 3 N–H and O–H groups in total. The zero-order valence-corrected chi connectivity index (χ0v) is 19.6. The molecule has 3 atom stereocenters. The third-order valence-corrected chi connectivity index (χ3v) is 6.42. The Labute approximate surface area is 191 Å². The SMILES string of the molecule is Cc1ccc(C2CC3C4NN=C(CCC(=O)NCCCOC(C)C)N4C=CN3N2)cc1C. The minimum atomic E-state index is 0.0562. The normalized spacial score (nSPS) is 23.8. The van der Waals surface area contributed by atoms with Gasteiger partial charge >= 0.3 is 0 Å². The van der Waals surface area contributed by atoms with Gasteiger partial charge in [0, 0.05) is 38.4 Å². The van der Waals surface area contributed by atoms with E-state index < -0.39 is 0 Å². The third-order valence-electron chi connectivity index (χ3n) is 6.42. The largest absolute Gasteiger partial charge is 0.379 e. The molecular weight excluding hydrogens is 404 g/mol. The van der Waals surface area contributed by atoms with Gasteiger partial charge in [0.1, 0.15) is 12.0 Å². The summed E-state index contributed by atoms with van der Waals surface area (Å²) < 4.78 is 5.50. The Morgan fingerprint density at radius 1 is 1.28 bits per heavy atom. The van der Waals surface area contributed by atoms with Crippen LogP contribution in [0.25, 0.3) is 0 Å². The summed E-state index contributed by atoms with van der Waals surface area (Å²) in [5.41, 5.74) is 10.9. The van der Waals surface area contributed by atoms with Gasteiger partial charge in [-0.2, -0.15) is 5.10 Å². The number of fused-ring (bicyclic) bond motifs is 3. The molecule has 1 aromatic carbocycles. The number of hydrogen-bond donors (Lipinski definition) is 3. The fraction of sp³-hybridized carbons (Fsp3) is 0.583. The first-order valence-electron chi connectivity index (χ1n) is 11.7. The highest BCUT2D eigenvalue weighted by atomic mass is 16.5. The van der Waals surface area contributed by atoms with Gasteiger partial charge in [-0.15, -0.1) is 0 Å². The highest BCUT2D eigenvalue weighted by Crippen LogP contribution is 2.34. The zero-order valence-electron chi connectivity index (χ0n) is 19.6. The number of rotatable bonds is 9. The second-order valence-electron chi connectivity index (χ2n) is 9.17. The van der Waals surface area contributed by atoms with Gasteiger partial charge in [-0.1, -0.05) is 18.2 Å². The molecule has 8 nitrogen and oxygen atoms in total. The van der Waals surface area contributed by atoms with Crippen LogP contribution in [0, 0.1) is 13.8 Å². The molecule has 0 bridgehead atoms. The van der Waals surface area contributed by atoms with Crippen molar-refractivity contribution < 1.29 is 9.53 Å². The first kappa shape index (κ1) is 22.6. The number of nitrogens with one attached hydrogen (secondary N) is 3. The molecule has 174 valence electrons. The number of amides is 1. The van der Waals surface area contributed by atoms with Crippen molar-refractivity contribution in [2.75, 3.05) is 13.2 Å². The Bertz CT molecular complexity index is 883. The van der Waals surface area contributed by atoms with Crippen LogP contribution in [-0.2, 0) is 9.53 Å². The molecule has 0 aliphatic carbocycles. The van der Waals surface area contributed by atoms with Gasteiger partial charge in [-0.3, -0.25) is 10.2 Å². The number of hydrazone groups is 1. The van der Waals surface area contributed by atoms with E-state index in [-0.39, 0.29) is 30.3 Å². The zero-order chi connectivity index (χ0) is 22.7. The lowest BCUT2D eigenvalue weighted by Gasteiger charge is -2.37. The molecule has 1 fully saturated rings. The van der Waals surface area contributed by atoms with Gasteiger partial charge in [-0.05, 0) is 57.2 Å². The Hall–Kier alpha value is -2.58. The van der Waals surface area contributed by atoms with Crippen LogP contribution >= 0.6 is 0 Å². The number of hydrogen-bond acceptors (Lipinski definition) is 7. The van der Waals surface area contributed by atoms with Crippen molar-refractivity contribution in [2.24, 2.45) is 5.10 Å². The Morgan fingerprint density at radius 3 is 2.91 bits per heavy atom. The van der Waals surface area contributed by atoms with Crippen LogP contribution in [0.5, 0.6) is 0 Å². The molecule has 32 heavy (non-hydrogen) atoms. The predicted molar refractivity (Wildman–Crippen MR) is 125 cm³/mol. The fourth-order valence-corrected chi connectivity index (χ4v) is 4.44. The Morgan fingerprint density at radius 2 is 2.12 bits per heavy atom. The van der Waals surface area contributed by atoms with Crippen molar-refractivity contribution in [1.82, 2.24) is 26.1 Å². The van der Waals surface area contributed by atoms with Crippen LogP contribution in [0.15, 0.2) is 35.7 Å². The van der Waals surface area contributed by atoms with E-state index in [0.717, 1.165) is 18.7 Å². The molecular formula is C24H36N6O2. The maximum absolute atomic E-state index is 12.2. The molecule has 3 aliphatic heterocycles. The van der Waals surface area contributed by atoms with Crippen LogP contribution in [0.2, 0.25) is 0 Å². The van der Waals surface area contributed by atoms with E-state index in [1.54, 1.807) is 0 Å². The minimum Gasteiger partial charge on any atom is -0.379 e. The topological polar surface area (TPSA) is 81.2 Å². The van der Waals surface area contributed by atoms with Gasteiger partial charge < -0.3 is 20.0 Å². The first-order valence-corrected chi connectivity index (χ1v) is 11.7. The highest BCUT2D eigenvalue weighted by Gasteiger charge is 2.44. The van der Waals surface area contributed by atoms with Crippen molar-refractivity contribution in [3.05, 3.63) is 47.3 Å². The quantitative estimate of drug-likeness (QED) is 0.512. The van der Waals surface area contributed by atoms with E-state index in [1.807, 2.05) is 13.8 Å². The lowest BCUT2D eigenvalue weighted by Crippen LogP contribution is -2.54. The van der Waals surface area contributed by atoms with Crippen LogP contribution in [0.4, 0.5) is 0 Å². The number of amidine groups is 1. The van der Waals surface area contributed by atoms with Gasteiger partial charge in [-0.25, -0.2) is 5.43 Å². The highest BCUT2D eigenvalue weighted by molar-refractivity contribution is 5.89. The van der Waals surface area contributed by atoms with Gasteiger partial charge in [0.25, 0.3) is 0 Å². The van der Waals surface area contributed by atoms with Gasteiger partial charge in [0.15, 0.2) is 0 Å². The average Bonchev–Trinajstić information content (AvgIpc) is 3.37. The lowest BCUT2D eigenvalue weighted by atomic mass is 9.97. The molecule has 1 saturated heterocycles. The van der Waals surface area contributed by atoms with E-state index in [4.69, 9.17) is 4.74 Å². The predicted octanol–water partition coefficient (Wildman–Crippen LogP) is 2.66. The summed E-state index contributed by atoms with van der Waals surface area (Å²) in [7, 11) is 0. The van der Waals surface area contributed by atoms with Crippen LogP contribution in [0.3, 0.4) is 0 Å². The summed E-state index contributed by atoms with van der Waals surface area (Å²) in [6.07, 6.45) is 7.31. The maximum atomic E-state index is 12.2. The standard InChI is InChI=1S/C24H36N6O2/c1-16(2)32-13-5-10-25-23(31)9-8-22-26-27-24-21-15-20(28-30(21)12-11-29(22)24)19-7-6-17(3)18(4)14-19/h6-7,11-12,14,16,20-21,24,27-28H,5,8-10,13,15H2,1-4H3,(H,25,31). The number of ether oxygens (including phenoxy) is 1. The van der Waals surface area contributed by atoms with Crippen LogP contribution in [-0.4, -0.2) is 53.1 Å². The summed E-state index contributed by atoms with van der Waals surface area (Å²) in [5.74, 6) is 0.972. The van der Waals surface area contributed by atoms with E-state index in [0.29, 0.717) is 26.0 Å². The molecule has 3 heterocycles. The Kier molecular flexibility index (Phi) is 7.01. The summed E-state index contributed by atoms with van der Waals surface area (Å²) in [4.78, 5) is 14.4. The molecule has 1 amide bonds. The summed E-state index contributed by atoms with van der Waals surface area (Å²) >= 11 is 0. The monoisotopic (exact) mass is 440 g/mol. The molecule has 4 rings (SSSR count). The number of carbonyl (C=O) groups is 1. The Balaban J connectivity index is 1.26. The van der Waals surface area contributed by atoms with Crippen molar-refractivity contribution in [1.29, 1.82) is 0 Å². The lowest BCUT2D eigenvalue weighted by molar-refractivity contribution is -0.121. The van der Waals surface area contributed by atoms with E-state index in [2.05, 4.69) is 75.6 Å². The maximum Gasteiger partial charge on any atom is 0.220 e. The number of nitrogens with zero attached hydrogens (tertiary/aromatic N) is 3. The minimum absolute atomic E-state index is 0.0562. The van der Waals surface area contributed by atoms with Crippen molar-refractivity contribution in [3.63, 3.8) is 0 Å². The average molecular weight is 441 g/mol. The van der Waals surface area contributed by atoms with Crippen LogP contribution < -0.4 is 16.2 Å². The first-order chi connectivity index (χ1) is 15.4. The summed E-state index contributed by atoms with van der Waals surface area (Å²) in [5, 5.41) is 9.72. The third kappa shape index (κ3) is 5.07. The number of hydrazine groups is 1. The van der Waals surface area contributed by atoms with Gasteiger partial charge in [0.2, 0.25) is 5.91 Å². The summed E-state index contributed by atoms with van der Waals surface area (Å²) in [6.45, 7) is 9.66. The molecule has 0 spiro atoms. The molecule has 1 aromatic rings. The summed E-state index contributed by atoms with van der Waals surface area (Å²) in [6, 6.07) is 7.24. The van der Waals surface area contributed by atoms with Crippen molar-refractivity contribution in [2.45, 2.75) is 77.7 Å². The molecule has 0 radical (unpaired) electrons. The number of benzene rings is 1. The number of carbonyl (C=O) groups excluding carboxylic acids is 1. The molecule has 0 aromatic heterocycles. The van der Waals surface area contributed by atoms with Crippen LogP contribution in [0.1, 0.15) is 62.3 Å². The molecule has 3 aliphatic rings. The van der Waals surface area contributed by atoms with E-state index in [1.165, 1.54) is 16.7 Å². The fourth-order valence-electron chi connectivity index (χ4n) is 4.44. The van der Waals surface area contributed by atoms with E-state index in [9.17, 15) is 4.79 Å². The second-order valence-corrected chi connectivity index (χ2v) is 9.17.